The molecular formula is C26H18BrNO3S. The molecular weight excluding hydrogens is 486 g/mol. The van der Waals surface area contributed by atoms with Gasteiger partial charge in [-0.25, -0.2) is 9.78 Å². The zero-order valence-corrected chi connectivity index (χ0v) is 19.6. The van der Waals surface area contributed by atoms with Crippen molar-refractivity contribution in [2.75, 3.05) is 0 Å². The van der Waals surface area contributed by atoms with Crippen LogP contribution in [0.3, 0.4) is 0 Å². The maximum atomic E-state index is 12.7. The molecule has 0 fully saturated rings. The van der Waals surface area contributed by atoms with Crippen molar-refractivity contribution in [3.63, 3.8) is 0 Å². The molecule has 6 heteroatoms. The van der Waals surface area contributed by atoms with Crippen molar-refractivity contribution in [1.29, 1.82) is 0 Å². The standard InChI is InChI=1S/C26H18BrNO3S/c1-16-4-2-3-5-19(16)14-30-21-11-8-18-12-22(26(29)31-24(18)13-21)25-28-23(15-32-25)17-6-9-20(27)10-7-17/h2-13,15H,14H2,1H3. The Bertz CT molecular complexity index is 1470. The lowest BCUT2D eigenvalue weighted by atomic mass is 10.1. The first-order valence-corrected chi connectivity index (χ1v) is 11.7. The molecule has 0 atom stereocenters. The van der Waals surface area contributed by atoms with E-state index in [1.54, 1.807) is 6.07 Å². The van der Waals surface area contributed by atoms with Gasteiger partial charge in [-0.15, -0.1) is 11.3 Å². The summed E-state index contributed by atoms with van der Waals surface area (Å²) in [4.78, 5) is 17.4. The highest BCUT2D eigenvalue weighted by molar-refractivity contribution is 9.10. The third kappa shape index (κ3) is 4.24. The number of ether oxygens (including phenoxy) is 1. The Kier molecular flexibility index (Phi) is 5.64. The summed E-state index contributed by atoms with van der Waals surface area (Å²) in [6.45, 7) is 2.51. The summed E-state index contributed by atoms with van der Waals surface area (Å²) in [6.07, 6.45) is 0. The third-order valence-electron chi connectivity index (χ3n) is 5.24. The molecule has 32 heavy (non-hydrogen) atoms. The monoisotopic (exact) mass is 503 g/mol. The van der Waals surface area contributed by atoms with Crippen LogP contribution >= 0.6 is 27.3 Å². The minimum Gasteiger partial charge on any atom is -0.489 e. The second kappa shape index (κ2) is 8.73. The molecule has 5 rings (SSSR count). The number of aryl methyl sites for hydroxylation is 1. The first kappa shape index (κ1) is 20.7. The van der Waals surface area contributed by atoms with Gasteiger partial charge < -0.3 is 9.15 Å². The van der Waals surface area contributed by atoms with Crippen LogP contribution in [-0.4, -0.2) is 4.98 Å². The molecule has 0 aliphatic rings. The van der Waals surface area contributed by atoms with Crippen LogP contribution in [0.4, 0.5) is 0 Å². The maximum absolute atomic E-state index is 12.7. The fourth-order valence-electron chi connectivity index (χ4n) is 3.41. The summed E-state index contributed by atoms with van der Waals surface area (Å²) < 4.78 is 12.5. The minimum absolute atomic E-state index is 0.412. The number of hydrogen-bond acceptors (Lipinski definition) is 5. The molecule has 158 valence electrons. The quantitative estimate of drug-likeness (QED) is 0.237. The van der Waals surface area contributed by atoms with Crippen LogP contribution < -0.4 is 10.4 Å². The van der Waals surface area contributed by atoms with Crippen LogP contribution in [0.5, 0.6) is 5.75 Å². The van der Waals surface area contributed by atoms with Crippen molar-refractivity contribution in [2.45, 2.75) is 13.5 Å². The molecule has 0 unspecified atom stereocenters. The predicted octanol–water partition coefficient (Wildman–Crippen LogP) is 7.23. The van der Waals surface area contributed by atoms with Crippen LogP contribution in [0.15, 0.2) is 91.9 Å². The number of benzene rings is 3. The van der Waals surface area contributed by atoms with E-state index in [9.17, 15) is 4.79 Å². The maximum Gasteiger partial charge on any atom is 0.346 e. The number of hydrogen-bond donors (Lipinski definition) is 0. The summed E-state index contributed by atoms with van der Waals surface area (Å²) in [5, 5.41) is 3.41. The summed E-state index contributed by atoms with van der Waals surface area (Å²) in [7, 11) is 0. The number of fused-ring (bicyclic) bond motifs is 1. The number of thiazole rings is 1. The largest absolute Gasteiger partial charge is 0.489 e. The van der Waals surface area contributed by atoms with E-state index in [0.29, 0.717) is 28.5 Å². The number of halogens is 1. The average molecular weight is 504 g/mol. The van der Waals surface area contributed by atoms with E-state index in [-0.39, 0.29) is 0 Å². The second-order valence-electron chi connectivity index (χ2n) is 7.41. The molecule has 3 aromatic carbocycles. The van der Waals surface area contributed by atoms with E-state index in [1.165, 1.54) is 16.9 Å². The van der Waals surface area contributed by atoms with Gasteiger partial charge in [0.25, 0.3) is 0 Å². The average Bonchev–Trinajstić information content (AvgIpc) is 3.28. The molecule has 0 radical (unpaired) electrons. The van der Waals surface area contributed by atoms with E-state index in [1.807, 2.05) is 66.0 Å². The smallest absolute Gasteiger partial charge is 0.346 e. The third-order valence-corrected chi connectivity index (χ3v) is 6.64. The van der Waals surface area contributed by atoms with Gasteiger partial charge >= 0.3 is 5.63 Å². The highest BCUT2D eigenvalue weighted by Gasteiger charge is 2.13. The van der Waals surface area contributed by atoms with E-state index >= 15 is 0 Å². The first-order valence-electron chi connectivity index (χ1n) is 10.0. The predicted molar refractivity (Wildman–Crippen MR) is 132 cm³/mol. The Morgan fingerprint density at radius 1 is 1.03 bits per heavy atom. The Labute approximate surface area is 197 Å². The van der Waals surface area contributed by atoms with E-state index < -0.39 is 5.63 Å². The topological polar surface area (TPSA) is 52.3 Å². The van der Waals surface area contributed by atoms with Gasteiger partial charge in [0.1, 0.15) is 22.9 Å². The Morgan fingerprint density at radius 3 is 2.66 bits per heavy atom. The molecule has 0 aliphatic heterocycles. The summed E-state index contributed by atoms with van der Waals surface area (Å²) >= 11 is 4.87. The Hall–Kier alpha value is -3.22. The SMILES string of the molecule is Cc1ccccc1COc1ccc2cc(-c3nc(-c4ccc(Br)cc4)cs3)c(=O)oc2c1. The van der Waals surface area contributed by atoms with E-state index in [4.69, 9.17) is 9.15 Å². The number of nitrogens with zero attached hydrogens (tertiary/aromatic N) is 1. The molecule has 0 saturated heterocycles. The molecule has 5 aromatic rings. The highest BCUT2D eigenvalue weighted by Crippen LogP contribution is 2.30. The number of rotatable bonds is 5. The normalized spacial score (nSPS) is 11.1. The summed E-state index contributed by atoms with van der Waals surface area (Å²) in [6, 6.07) is 23.4. The fraction of sp³-hybridized carbons (Fsp3) is 0.0769. The van der Waals surface area contributed by atoms with Gasteiger partial charge in [-0.2, -0.15) is 0 Å². The van der Waals surface area contributed by atoms with Gasteiger partial charge in [-0.05, 0) is 48.4 Å². The van der Waals surface area contributed by atoms with E-state index in [0.717, 1.165) is 26.7 Å². The van der Waals surface area contributed by atoms with Gasteiger partial charge in [0.05, 0.1) is 11.3 Å². The van der Waals surface area contributed by atoms with Gasteiger partial charge in [0, 0.05) is 26.9 Å². The van der Waals surface area contributed by atoms with Gasteiger partial charge in [-0.1, -0.05) is 52.3 Å². The zero-order valence-electron chi connectivity index (χ0n) is 17.2. The summed E-state index contributed by atoms with van der Waals surface area (Å²) in [5.74, 6) is 0.656. The number of aromatic nitrogens is 1. The lowest BCUT2D eigenvalue weighted by Crippen LogP contribution is -2.03. The van der Waals surface area contributed by atoms with Crippen LogP contribution in [0.1, 0.15) is 11.1 Å². The van der Waals surface area contributed by atoms with Crippen molar-refractivity contribution in [3.05, 3.63) is 104 Å². The molecule has 4 nitrogen and oxygen atoms in total. The molecule has 2 heterocycles. The van der Waals surface area contributed by atoms with Gasteiger partial charge in [0.2, 0.25) is 0 Å². The zero-order chi connectivity index (χ0) is 22.1. The molecule has 0 bridgehead atoms. The Morgan fingerprint density at radius 2 is 1.84 bits per heavy atom. The van der Waals surface area contributed by atoms with Crippen molar-refractivity contribution in [3.8, 4) is 27.6 Å². The van der Waals surface area contributed by atoms with Crippen molar-refractivity contribution < 1.29 is 9.15 Å². The molecule has 0 spiro atoms. The van der Waals surface area contributed by atoms with Crippen molar-refractivity contribution >= 4 is 38.2 Å². The van der Waals surface area contributed by atoms with Crippen LogP contribution in [-0.2, 0) is 6.61 Å². The van der Waals surface area contributed by atoms with Gasteiger partial charge in [-0.3, -0.25) is 0 Å². The van der Waals surface area contributed by atoms with Crippen LogP contribution in [0.2, 0.25) is 0 Å². The van der Waals surface area contributed by atoms with Crippen molar-refractivity contribution in [2.24, 2.45) is 0 Å². The lowest BCUT2D eigenvalue weighted by Gasteiger charge is -2.09. The molecule has 2 aromatic heterocycles. The second-order valence-corrected chi connectivity index (χ2v) is 9.18. The van der Waals surface area contributed by atoms with Crippen molar-refractivity contribution in [1.82, 2.24) is 4.98 Å². The Balaban J connectivity index is 1.42. The molecule has 0 aliphatic carbocycles. The van der Waals surface area contributed by atoms with E-state index in [2.05, 4.69) is 33.9 Å². The lowest BCUT2D eigenvalue weighted by molar-refractivity contribution is 0.305. The minimum atomic E-state index is -0.412. The van der Waals surface area contributed by atoms with Crippen LogP contribution in [0, 0.1) is 6.92 Å². The van der Waals surface area contributed by atoms with Gasteiger partial charge in [0.15, 0.2) is 0 Å². The molecule has 0 N–H and O–H groups in total. The fourth-order valence-corrected chi connectivity index (χ4v) is 4.51. The first-order chi connectivity index (χ1) is 15.6. The molecule has 0 amide bonds. The highest BCUT2D eigenvalue weighted by atomic mass is 79.9. The summed E-state index contributed by atoms with van der Waals surface area (Å²) in [5.41, 5.74) is 4.66. The van der Waals surface area contributed by atoms with Crippen LogP contribution in [0.25, 0.3) is 32.8 Å². The molecule has 0 saturated carbocycles.